The number of unbranched alkanes of at least 4 members (excludes halogenated alkanes) is 11. The molecule has 2 amide bonds. The number of hydrogen-bond acceptors (Lipinski definition) is 5. The fourth-order valence-corrected chi connectivity index (χ4v) is 5.73. The van der Waals surface area contributed by atoms with Crippen LogP contribution in [0.1, 0.15) is 119 Å². The summed E-state index contributed by atoms with van der Waals surface area (Å²) in [5, 5.41) is 0.462. The van der Waals surface area contributed by atoms with Crippen LogP contribution in [-0.2, 0) is 24.4 Å². The van der Waals surface area contributed by atoms with Crippen molar-refractivity contribution >= 4 is 23.6 Å². The van der Waals surface area contributed by atoms with Gasteiger partial charge in [-0.15, -0.1) is 0 Å². The topological polar surface area (TPSA) is 69.0 Å². The zero-order valence-electron chi connectivity index (χ0n) is 29.1. The number of para-hydroxylation sites is 1. The molecule has 9 heteroatoms. The highest BCUT2D eigenvalue weighted by Crippen LogP contribution is 2.27. The van der Waals surface area contributed by atoms with E-state index < -0.39 is 12.0 Å². The summed E-state index contributed by atoms with van der Waals surface area (Å²) in [5.41, 5.74) is 1.78. The number of methoxy groups -OCH3 is 1. The van der Waals surface area contributed by atoms with Gasteiger partial charge in [0.1, 0.15) is 24.7 Å². The Morgan fingerprint density at radius 1 is 0.750 bits per heavy atom. The predicted octanol–water partition coefficient (Wildman–Crippen LogP) is 7.11. The van der Waals surface area contributed by atoms with Gasteiger partial charge >= 0.3 is 6.09 Å². The Kier molecular flexibility index (Phi) is 20.9. The van der Waals surface area contributed by atoms with Crippen LogP contribution < -0.4 is 38.0 Å². The second-order valence-corrected chi connectivity index (χ2v) is 12.5. The molecule has 0 N–H and O–H groups in total. The van der Waals surface area contributed by atoms with Crippen LogP contribution in [-0.4, -0.2) is 30.6 Å². The van der Waals surface area contributed by atoms with Gasteiger partial charge in [-0.2, -0.15) is 0 Å². The van der Waals surface area contributed by atoms with Crippen molar-refractivity contribution in [3.05, 3.63) is 88.7 Å². The molecule has 0 saturated carbocycles. The minimum atomic E-state index is -0.755. The number of hydrogen-bond donors (Lipinski definition) is 0. The first-order valence-corrected chi connectivity index (χ1v) is 17.8. The lowest BCUT2D eigenvalue weighted by atomic mass is 10.1. The van der Waals surface area contributed by atoms with E-state index >= 15 is 0 Å². The molecule has 0 unspecified atom stereocenters. The number of carbonyl (C=O) groups is 2. The van der Waals surface area contributed by atoms with Gasteiger partial charge in [0.25, 0.3) is 5.91 Å². The second kappa shape index (κ2) is 24.3. The number of aryl methyl sites for hydroxylation is 1. The lowest BCUT2D eigenvalue weighted by Crippen LogP contribution is -3.00. The van der Waals surface area contributed by atoms with Crippen molar-refractivity contribution < 1.29 is 52.3 Å². The van der Waals surface area contributed by atoms with E-state index in [1.807, 2.05) is 30.6 Å². The van der Waals surface area contributed by atoms with Crippen LogP contribution in [0.25, 0.3) is 0 Å². The van der Waals surface area contributed by atoms with Gasteiger partial charge in [0.05, 0.1) is 30.8 Å². The highest BCUT2D eigenvalue weighted by atomic mass is 127. The molecule has 48 heavy (non-hydrogen) atoms. The molecule has 1 aromatic heterocycles. The molecule has 7 nitrogen and oxygen atoms in total. The van der Waals surface area contributed by atoms with Crippen LogP contribution in [0.15, 0.2) is 67.0 Å². The summed E-state index contributed by atoms with van der Waals surface area (Å²) in [4.78, 5) is 28.1. The fourth-order valence-electron chi connectivity index (χ4n) is 5.47. The molecule has 0 radical (unpaired) electrons. The molecule has 0 fully saturated rings. The molecule has 3 rings (SSSR count). The lowest BCUT2D eigenvalue weighted by molar-refractivity contribution is -0.697. The quantitative estimate of drug-likeness (QED) is 0.0617. The Hall–Kier alpha value is -2.85. The van der Waals surface area contributed by atoms with Gasteiger partial charge in [0.15, 0.2) is 12.4 Å². The smallest absolute Gasteiger partial charge is 0.417 e. The van der Waals surface area contributed by atoms with Gasteiger partial charge in [-0.3, -0.25) is 4.79 Å². The Balaban J connectivity index is 0.00000800. The summed E-state index contributed by atoms with van der Waals surface area (Å²) in [6.07, 6.45) is 19.7. The SMILES string of the molecule is CCCCCCCCCCCCCCOc1ccc(COC(=O)N(Cc2cc[n+](CCC)cc2)C(=O)c2ccccc2OC)cc1Cl.[I-]. The largest absolute Gasteiger partial charge is 1.00 e. The monoisotopic (exact) mass is 792 g/mol. The van der Waals surface area contributed by atoms with E-state index in [2.05, 4.69) is 18.4 Å². The van der Waals surface area contributed by atoms with Crippen LogP contribution >= 0.6 is 11.6 Å². The summed E-state index contributed by atoms with van der Waals surface area (Å²) in [6.45, 7) is 5.88. The van der Waals surface area contributed by atoms with Crippen LogP contribution in [0.4, 0.5) is 4.79 Å². The van der Waals surface area contributed by atoms with Crippen LogP contribution in [0.3, 0.4) is 0 Å². The van der Waals surface area contributed by atoms with E-state index in [-0.39, 0.29) is 42.7 Å². The van der Waals surface area contributed by atoms with Crippen molar-refractivity contribution in [3.63, 3.8) is 0 Å². The molecule has 0 atom stereocenters. The Labute approximate surface area is 310 Å². The number of ether oxygens (including phenoxy) is 3. The summed E-state index contributed by atoms with van der Waals surface area (Å²) < 4.78 is 19.0. The van der Waals surface area contributed by atoms with E-state index in [4.69, 9.17) is 25.8 Å². The molecule has 0 aliphatic heterocycles. The van der Waals surface area contributed by atoms with Gasteiger partial charge in [0.2, 0.25) is 0 Å². The molecular formula is C39H54ClIN2O5. The summed E-state index contributed by atoms with van der Waals surface area (Å²) in [6, 6.07) is 16.0. The molecule has 1 heterocycles. The number of aromatic nitrogens is 1. The number of nitrogens with zero attached hydrogens (tertiary/aromatic N) is 2. The van der Waals surface area contributed by atoms with Crippen molar-refractivity contribution in [2.45, 2.75) is 117 Å². The van der Waals surface area contributed by atoms with Crippen LogP contribution in [0.5, 0.6) is 11.5 Å². The highest BCUT2D eigenvalue weighted by molar-refractivity contribution is 6.32. The zero-order valence-corrected chi connectivity index (χ0v) is 32.0. The van der Waals surface area contributed by atoms with E-state index in [0.29, 0.717) is 28.7 Å². The van der Waals surface area contributed by atoms with E-state index in [0.717, 1.165) is 36.3 Å². The first kappa shape index (κ1) is 41.3. The molecule has 0 spiro atoms. The van der Waals surface area contributed by atoms with E-state index in [9.17, 15) is 9.59 Å². The molecule has 0 saturated heterocycles. The van der Waals surface area contributed by atoms with Crippen molar-refractivity contribution in [1.82, 2.24) is 4.90 Å². The second-order valence-electron chi connectivity index (χ2n) is 12.1. The minimum absolute atomic E-state index is 0. The van der Waals surface area contributed by atoms with Crippen LogP contribution in [0, 0.1) is 0 Å². The molecule has 264 valence electrons. The number of imide groups is 1. The number of rotatable bonds is 22. The number of halogens is 2. The number of benzene rings is 2. The third kappa shape index (κ3) is 14.7. The Morgan fingerprint density at radius 3 is 1.98 bits per heavy atom. The summed E-state index contributed by atoms with van der Waals surface area (Å²) >= 11 is 6.52. The third-order valence-electron chi connectivity index (χ3n) is 8.20. The molecule has 0 bridgehead atoms. The van der Waals surface area contributed by atoms with E-state index in [1.54, 1.807) is 36.4 Å². The fraction of sp³-hybridized carbons (Fsp3) is 0.513. The minimum Gasteiger partial charge on any atom is -1.00 e. The van der Waals surface area contributed by atoms with Crippen molar-refractivity contribution in [2.75, 3.05) is 13.7 Å². The average molecular weight is 793 g/mol. The van der Waals surface area contributed by atoms with E-state index in [1.165, 1.54) is 71.3 Å². The number of carbonyl (C=O) groups excluding carboxylic acids is 2. The number of pyridine rings is 1. The molecule has 0 aliphatic carbocycles. The Morgan fingerprint density at radius 2 is 1.38 bits per heavy atom. The lowest BCUT2D eigenvalue weighted by Gasteiger charge is -2.21. The summed E-state index contributed by atoms with van der Waals surface area (Å²) in [5.74, 6) is 0.495. The Bertz CT molecular complexity index is 1350. The maximum absolute atomic E-state index is 13.6. The normalized spacial score (nSPS) is 10.7. The molecule has 0 aliphatic rings. The molecular weight excluding hydrogens is 739 g/mol. The van der Waals surface area contributed by atoms with Gasteiger partial charge in [0, 0.05) is 18.6 Å². The van der Waals surface area contributed by atoms with Gasteiger partial charge in [-0.1, -0.05) is 114 Å². The maximum atomic E-state index is 13.6. The molecule has 2 aromatic carbocycles. The van der Waals surface area contributed by atoms with Crippen molar-refractivity contribution in [1.29, 1.82) is 0 Å². The van der Waals surface area contributed by atoms with Gasteiger partial charge in [-0.25, -0.2) is 14.3 Å². The summed E-state index contributed by atoms with van der Waals surface area (Å²) in [7, 11) is 1.49. The van der Waals surface area contributed by atoms with Crippen molar-refractivity contribution in [3.8, 4) is 11.5 Å². The standard InChI is InChI=1S/C39H54ClN2O5.HI/c1-4-6-7-8-9-10-11-12-13-14-15-18-28-46-37-22-21-33(29-35(37)40)31-47-39(44)42(30-32-23-26-41(25-5-2)27-24-32)38(43)34-19-16-17-20-36(34)45-3;/h16-17,19-24,26-27,29H,4-15,18,25,28,30-31H2,1-3H3;1H/q+1;/p-1. The van der Waals surface area contributed by atoms with Gasteiger partial charge < -0.3 is 38.2 Å². The molecule has 3 aromatic rings. The highest BCUT2D eigenvalue weighted by Gasteiger charge is 2.27. The van der Waals surface area contributed by atoms with Crippen LogP contribution in [0.2, 0.25) is 5.02 Å². The average Bonchev–Trinajstić information content (AvgIpc) is 3.09. The maximum Gasteiger partial charge on any atom is 0.417 e. The number of amides is 2. The third-order valence-corrected chi connectivity index (χ3v) is 8.50. The van der Waals surface area contributed by atoms with Gasteiger partial charge in [-0.05, 0) is 41.8 Å². The van der Waals surface area contributed by atoms with Crippen molar-refractivity contribution in [2.24, 2.45) is 0 Å². The first-order chi connectivity index (χ1) is 23.0. The predicted molar refractivity (Wildman–Crippen MR) is 188 cm³/mol. The zero-order chi connectivity index (χ0) is 33.7. The first-order valence-electron chi connectivity index (χ1n) is 17.5.